The van der Waals surface area contributed by atoms with Crippen molar-refractivity contribution in [3.8, 4) is 0 Å². The Bertz CT molecular complexity index is 1740. The molecule has 3 aliphatic heterocycles. The second-order valence-electron chi connectivity index (χ2n) is 19.4. The van der Waals surface area contributed by atoms with Crippen molar-refractivity contribution in [2.75, 3.05) is 20.8 Å². The number of amides is 1. The Hall–Kier alpha value is -3.37. The van der Waals surface area contributed by atoms with Crippen molar-refractivity contribution in [3.63, 3.8) is 0 Å². The monoisotopic (exact) mass is 900 g/mol. The van der Waals surface area contributed by atoms with E-state index in [4.69, 9.17) is 18.9 Å². The van der Waals surface area contributed by atoms with Gasteiger partial charge in [0.15, 0.2) is 5.78 Å². The van der Waals surface area contributed by atoms with Gasteiger partial charge in [-0.1, -0.05) is 71.1 Å². The molecule has 15 atom stereocenters. The first kappa shape index (κ1) is 53.2. The summed E-state index contributed by atoms with van der Waals surface area (Å²) in [7, 11) is 3.12. The number of hydrogen-bond acceptors (Lipinski definition) is 13. The van der Waals surface area contributed by atoms with Gasteiger partial charge in [0.25, 0.3) is 11.7 Å². The van der Waals surface area contributed by atoms with Gasteiger partial charge < -0.3 is 44.3 Å². The number of methoxy groups -OCH3 is 2. The maximum atomic E-state index is 14.3. The van der Waals surface area contributed by atoms with Crippen LogP contribution in [0.1, 0.15) is 126 Å². The first-order chi connectivity index (χ1) is 30.2. The highest BCUT2D eigenvalue weighted by atomic mass is 16.6. The Balaban J connectivity index is 1.69. The van der Waals surface area contributed by atoms with Crippen molar-refractivity contribution >= 4 is 29.2 Å². The molecule has 0 aromatic rings. The summed E-state index contributed by atoms with van der Waals surface area (Å²) in [5.41, 5.74) is 1.11. The zero-order valence-corrected chi connectivity index (χ0v) is 39.6. The van der Waals surface area contributed by atoms with Crippen LogP contribution >= 0.6 is 0 Å². The van der Waals surface area contributed by atoms with Crippen molar-refractivity contribution in [2.24, 2.45) is 35.5 Å². The minimum absolute atomic E-state index is 0.0365. The number of ether oxygens (including phenoxy) is 4. The van der Waals surface area contributed by atoms with E-state index in [1.807, 2.05) is 51.2 Å². The molecule has 1 amide bonds. The van der Waals surface area contributed by atoms with Gasteiger partial charge in [-0.25, -0.2) is 4.79 Å². The van der Waals surface area contributed by atoms with E-state index in [2.05, 4.69) is 0 Å². The van der Waals surface area contributed by atoms with E-state index in [0.29, 0.717) is 64.2 Å². The number of fused-ring (bicyclic) bond motifs is 3. The fraction of sp³-hybridized carbons (Fsp3) is 0.740. The van der Waals surface area contributed by atoms with E-state index >= 15 is 0 Å². The zero-order chi connectivity index (χ0) is 47.5. The molecule has 0 radical (unpaired) electrons. The smallest absolute Gasteiger partial charge is 0.329 e. The van der Waals surface area contributed by atoms with Gasteiger partial charge in [-0.3, -0.25) is 19.2 Å². The van der Waals surface area contributed by atoms with Crippen LogP contribution in [0, 0.1) is 35.5 Å². The Morgan fingerprint density at radius 3 is 2.25 bits per heavy atom. The number of carbonyl (C=O) groups excluding carboxylic acids is 5. The number of nitrogens with zero attached hydrogens (tertiary/aromatic N) is 1. The van der Waals surface area contributed by atoms with Crippen LogP contribution in [0.25, 0.3) is 0 Å². The molecule has 1 saturated carbocycles. The van der Waals surface area contributed by atoms with Gasteiger partial charge >= 0.3 is 5.97 Å². The Labute approximate surface area is 380 Å². The van der Waals surface area contributed by atoms with Crippen molar-refractivity contribution in [1.29, 1.82) is 0 Å². The molecule has 14 nitrogen and oxygen atoms in total. The van der Waals surface area contributed by atoms with Gasteiger partial charge in [0, 0.05) is 51.4 Å². The predicted molar refractivity (Wildman–Crippen MR) is 240 cm³/mol. The first-order valence-electron chi connectivity index (χ1n) is 23.5. The minimum Gasteiger partial charge on any atom is -0.460 e. The number of aliphatic hydroxyl groups is 4. The fourth-order valence-electron chi connectivity index (χ4n) is 9.89. The molecule has 0 spiro atoms. The van der Waals surface area contributed by atoms with Crippen LogP contribution < -0.4 is 0 Å². The van der Waals surface area contributed by atoms with Crippen LogP contribution in [-0.4, -0.2) is 130 Å². The third-order valence-corrected chi connectivity index (χ3v) is 14.2. The van der Waals surface area contributed by atoms with Crippen molar-refractivity contribution in [2.45, 2.75) is 180 Å². The van der Waals surface area contributed by atoms with Gasteiger partial charge in [-0.05, 0) is 107 Å². The standard InChI is InChI=1S/C50H77NO13/c1-29-15-11-10-12-16-30(2)41(61-8)27-37-20-18-35(7)50(60,64-37)47(57)48(58)51-22-14-13-17-38(51)49(59)63-42(32(4)25-36-19-21-39(52)43(26-36)62-9)28-40(53)31(3)24-34(6)45(55)46(56)44(54)33(5)23-29/h10-12,15-16,24,29,31-33,35-39,41-43,45-46,52,55-56,60H,13-14,17-23,25-28H2,1-9H3/b12-10+,15-11+,30-16+,34-24+/t29-,31-,32-,33+,35+,36-,37+,38-,39-,41+,42+,43+,45+,46+,50+/m0/s1. The number of carbonyl (C=O) groups is 5. The summed E-state index contributed by atoms with van der Waals surface area (Å²) in [6, 6.07) is -1.15. The van der Waals surface area contributed by atoms with Crippen molar-refractivity contribution in [3.05, 3.63) is 47.6 Å². The molecule has 0 aromatic heterocycles. The number of rotatable bonds is 5. The van der Waals surface area contributed by atoms with E-state index < -0.39 is 89.6 Å². The normalized spacial score (nSPS) is 40.9. The SMILES string of the molecule is CO[C@@H]1C[C@H]2CC[C@@H](C)[C@@](O)(O2)C(=O)C(=O)N2CCCC[C@H]2C(=O)O[C@@H]([C@@H](C)C[C@@H]2CC[C@H](O)[C@H](OC)C2)CC(=O)[C@@H](C)/C=C(\C)[C@@H](O)[C@H](O)C(=O)[C@H](C)C[C@@H](C)/C=C/C=C/C=C/1C. The van der Waals surface area contributed by atoms with E-state index in [1.165, 1.54) is 11.0 Å². The number of aliphatic hydroxyl groups excluding tert-OH is 3. The molecule has 2 bridgehead atoms. The van der Waals surface area contributed by atoms with Gasteiger partial charge in [-0.2, -0.15) is 0 Å². The fourth-order valence-corrected chi connectivity index (χ4v) is 9.89. The molecule has 0 aromatic carbocycles. The molecule has 14 heteroatoms. The van der Waals surface area contributed by atoms with Gasteiger partial charge in [0.1, 0.15) is 30.1 Å². The van der Waals surface area contributed by atoms with Crippen molar-refractivity contribution < 1.29 is 63.3 Å². The topological polar surface area (TPSA) is 206 Å². The number of cyclic esters (lactones) is 1. The van der Waals surface area contributed by atoms with E-state index in [1.54, 1.807) is 41.9 Å². The lowest BCUT2D eigenvalue weighted by Gasteiger charge is -2.42. The van der Waals surface area contributed by atoms with Crippen LogP contribution in [0.4, 0.5) is 0 Å². The molecule has 360 valence electrons. The summed E-state index contributed by atoms with van der Waals surface area (Å²) in [5.74, 6) is -8.59. The minimum atomic E-state index is -2.44. The third kappa shape index (κ3) is 13.8. The average Bonchev–Trinajstić information content (AvgIpc) is 3.27. The molecule has 4 aliphatic rings. The maximum Gasteiger partial charge on any atom is 0.329 e. The highest BCUT2D eigenvalue weighted by Gasteiger charge is 2.53. The number of esters is 1. The number of allylic oxidation sites excluding steroid dienone is 6. The first-order valence-corrected chi connectivity index (χ1v) is 23.5. The largest absolute Gasteiger partial charge is 0.460 e. The molecule has 1 aliphatic carbocycles. The van der Waals surface area contributed by atoms with E-state index in [0.717, 1.165) is 5.57 Å². The summed E-state index contributed by atoms with van der Waals surface area (Å²) in [4.78, 5) is 71.2. The lowest BCUT2D eigenvalue weighted by molar-refractivity contribution is -0.265. The lowest BCUT2D eigenvalue weighted by Crippen LogP contribution is -2.61. The van der Waals surface area contributed by atoms with E-state index in [9.17, 15) is 44.4 Å². The van der Waals surface area contributed by atoms with Gasteiger partial charge in [0.05, 0.1) is 24.4 Å². The summed E-state index contributed by atoms with van der Waals surface area (Å²) < 4.78 is 23.7. The summed E-state index contributed by atoms with van der Waals surface area (Å²) in [5, 5.41) is 44.5. The molecular weight excluding hydrogens is 823 g/mol. The zero-order valence-electron chi connectivity index (χ0n) is 39.6. The highest BCUT2D eigenvalue weighted by molar-refractivity contribution is 6.39. The number of Topliss-reactive ketones (excluding diaryl/α,β-unsaturated/α-hetero) is 3. The molecule has 4 rings (SSSR count). The van der Waals surface area contributed by atoms with Crippen LogP contribution in [0.5, 0.6) is 0 Å². The van der Waals surface area contributed by atoms with Crippen molar-refractivity contribution in [1.82, 2.24) is 4.90 Å². The molecular formula is C50H77NO13. The second kappa shape index (κ2) is 24.4. The number of ketones is 3. The lowest BCUT2D eigenvalue weighted by atomic mass is 9.78. The number of piperidine rings is 1. The van der Waals surface area contributed by atoms with Crippen LogP contribution in [0.3, 0.4) is 0 Å². The van der Waals surface area contributed by atoms with Crippen LogP contribution in [-0.2, 0) is 42.9 Å². The summed E-state index contributed by atoms with van der Waals surface area (Å²) >= 11 is 0. The molecule has 3 heterocycles. The Kier molecular flexibility index (Phi) is 20.3. The van der Waals surface area contributed by atoms with Crippen LogP contribution in [0.2, 0.25) is 0 Å². The number of hydrogen-bond donors (Lipinski definition) is 4. The van der Waals surface area contributed by atoms with E-state index in [-0.39, 0.29) is 54.6 Å². The molecule has 3 fully saturated rings. The molecule has 64 heavy (non-hydrogen) atoms. The van der Waals surface area contributed by atoms with Crippen LogP contribution in [0.15, 0.2) is 47.6 Å². The Morgan fingerprint density at radius 2 is 1.56 bits per heavy atom. The third-order valence-electron chi connectivity index (χ3n) is 14.2. The van der Waals surface area contributed by atoms with Gasteiger partial charge in [-0.15, -0.1) is 0 Å². The molecule has 0 unspecified atom stereocenters. The molecule has 4 N–H and O–H groups in total. The second-order valence-corrected chi connectivity index (χ2v) is 19.4. The summed E-state index contributed by atoms with van der Waals surface area (Å²) in [6.45, 7) is 12.4. The summed E-state index contributed by atoms with van der Waals surface area (Å²) in [6.07, 6.45) is 9.84. The molecule has 2 saturated heterocycles. The maximum absolute atomic E-state index is 14.3. The highest BCUT2D eigenvalue weighted by Crippen LogP contribution is 2.38. The average molecular weight is 900 g/mol. The Morgan fingerprint density at radius 1 is 0.844 bits per heavy atom. The quantitative estimate of drug-likeness (QED) is 0.153. The van der Waals surface area contributed by atoms with Gasteiger partial charge in [0.2, 0.25) is 5.79 Å². The predicted octanol–water partition coefficient (Wildman–Crippen LogP) is 5.53.